The number of rotatable bonds is 4. The molecule has 1 atom stereocenters. The topological polar surface area (TPSA) is 36.8 Å². The molecule has 22 heavy (non-hydrogen) atoms. The van der Waals surface area contributed by atoms with Gasteiger partial charge in [-0.3, -0.25) is 0 Å². The van der Waals surface area contributed by atoms with Crippen LogP contribution in [0.15, 0.2) is 70.8 Å². The van der Waals surface area contributed by atoms with Crippen molar-refractivity contribution in [2.45, 2.75) is 18.2 Å². The molecule has 1 heterocycles. The molecule has 0 radical (unpaired) electrons. The van der Waals surface area contributed by atoms with Crippen molar-refractivity contribution in [1.29, 1.82) is 0 Å². The van der Waals surface area contributed by atoms with E-state index in [9.17, 15) is 0 Å². The second-order valence-corrected chi connectivity index (χ2v) is 7.37. The maximum atomic E-state index is 4.64. The van der Waals surface area contributed by atoms with Crippen molar-refractivity contribution in [2.75, 3.05) is 6.54 Å². The van der Waals surface area contributed by atoms with Gasteiger partial charge in [-0.15, -0.1) is 0 Å². The number of hydrazone groups is 1. The molecule has 0 fully saturated rings. The van der Waals surface area contributed by atoms with Gasteiger partial charge in [0.05, 0.1) is 0 Å². The van der Waals surface area contributed by atoms with Crippen molar-refractivity contribution in [2.24, 2.45) is 10.1 Å². The van der Waals surface area contributed by atoms with Crippen LogP contribution in [0.4, 0.5) is 0 Å². The summed E-state index contributed by atoms with van der Waals surface area (Å²) in [4.78, 5) is 4.94. The number of nitrogens with zero attached hydrogens (tertiary/aromatic N) is 2. The van der Waals surface area contributed by atoms with Gasteiger partial charge in [-0.1, -0.05) is 0 Å². The van der Waals surface area contributed by atoms with E-state index >= 15 is 0 Å². The Hall–Kier alpha value is -1.90. The first-order chi connectivity index (χ1) is 10.9. The first-order valence-electron chi connectivity index (χ1n) is 7.53. The van der Waals surface area contributed by atoms with Gasteiger partial charge in [0.1, 0.15) is 0 Å². The van der Waals surface area contributed by atoms with E-state index in [1.807, 2.05) is 6.07 Å². The number of hydrogen-bond donors (Lipinski definition) is 1. The van der Waals surface area contributed by atoms with Gasteiger partial charge in [-0.25, -0.2) is 0 Å². The Kier molecular flexibility index (Phi) is 5.04. The second-order valence-electron chi connectivity index (χ2n) is 5.07. The van der Waals surface area contributed by atoms with Gasteiger partial charge < -0.3 is 0 Å². The SMILES string of the molecule is CCCN=C1NN=C(c2ccccc2)C(c2ccccc2)[Se]1. The third-order valence-corrected chi connectivity index (χ3v) is 5.87. The predicted molar refractivity (Wildman–Crippen MR) is 93.6 cm³/mol. The first kappa shape index (κ1) is 15.0. The van der Waals surface area contributed by atoms with Crippen LogP contribution in [0.3, 0.4) is 0 Å². The summed E-state index contributed by atoms with van der Waals surface area (Å²) in [6.07, 6.45) is 1.06. The fraction of sp³-hybridized carbons (Fsp3) is 0.222. The normalized spacial score (nSPS) is 19.6. The summed E-state index contributed by atoms with van der Waals surface area (Å²) in [6, 6.07) is 21.0. The van der Waals surface area contributed by atoms with Crippen molar-refractivity contribution in [3.05, 3.63) is 71.8 Å². The Morgan fingerprint density at radius 2 is 1.73 bits per heavy atom. The van der Waals surface area contributed by atoms with Crippen LogP contribution in [-0.4, -0.2) is 31.9 Å². The molecule has 0 amide bonds. The summed E-state index contributed by atoms with van der Waals surface area (Å²) in [6.45, 7) is 3.01. The van der Waals surface area contributed by atoms with Gasteiger partial charge in [-0.05, 0) is 0 Å². The van der Waals surface area contributed by atoms with Crippen LogP contribution in [0.1, 0.15) is 29.3 Å². The summed E-state index contributed by atoms with van der Waals surface area (Å²) in [5, 5.41) is 4.64. The van der Waals surface area contributed by atoms with E-state index in [1.165, 1.54) is 11.1 Å². The third-order valence-electron chi connectivity index (χ3n) is 3.40. The summed E-state index contributed by atoms with van der Waals surface area (Å²) >= 11 is 0.226. The van der Waals surface area contributed by atoms with Crippen molar-refractivity contribution in [1.82, 2.24) is 5.43 Å². The molecular weight excluding hydrogens is 337 g/mol. The Bertz CT molecular complexity index is 665. The van der Waals surface area contributed by atoms with E-state index in [4.69, 9.17) is 0 Å². The summed E-state index contributed by atoms with van der Waals surface area (Å²) in [7, 11) is 0. The molecule has 1 unspecified atom stereocenters. The Morgan fingerprint density at radius 1 is 1.05 bits per heavy atom. The van der Waals surface area contributed by atoms with Gasteiger partial charge in [0.15, 0.2) is 0 Å². The molecule has 2 aromatic rings. The van der Waals surface area contributed by atoms with Crippen LogP contribution in [0.2, 0.25) is 0 Å². The minimum atomic E-state index is 0.226. The van der Waals surface area contributed by atoms with Crippen molar-refractivity contribution in [3.8, 4) is 0 Å². The van der Waals surface area contributed by atoms with Crippen LogP contribution in [0, 0.1) is 0 Å². The van der Waals surface area contributed by atoms with Crippen LogP contribution >= 0.6 is 0 Å². The van der Waals surface area contributed by atoms with Crippen molar-refractivity contribution < 1.29 is 0 Å². The average Bonchev–Trinajstić information content (AvgIpc) is 2.61. The number of hydrogen-bond acceptors (Lipinski definition) is 2. The standard InChI is InChI=1S/C18H19N3Se/c1-2-13-19-18-21-20-16(14-9-5-3-6-10-14)17(22-18)15-11-7-4-8-12-15/h3-12,17H,2,13H2,1H3,(H,19,21). The maximum absolute atomic E-state index is 4.64. The van der Waals surface area contributed by atoms with Crippen LogP contribution < -0.4 is 5.43 Å². The van der Waals surface area contributed by atoms with Crippen molar-refractivity contribution >= 4 is 25.4 Å². The van der Waals surface area contributed by atoms with Crippen LogP contribution in [0.5, 0.6) is 0 Å². The zero-order chi connectivity index (χ0) is 15.2. The Morgan fingerprint density at radius 3 is 2.41 bits per heavy atom. The molecule has 1 aliphatic heterocycles. The number of benzene rings is 2. The molecule has 3 rings (SSSR count). The third kappa shape index (κ3) is 3.46. The molecule has 112 valence electrons. The summed E-state index contributed by atoms with van der Waals surface area (Å²) < 4.78 is 1.04. The molecule has 4 heteroatoms. The van der Waals surface area contributed by atoms with E-state index in [0.29, 0.717) is 4.82 Å². The van der Waals surface area contributed by atoms with E-state index < -0.39 is 0 Å². The Labute approximate surface area is 137 Å². The van der Waals surface area contributed by atoms with Crippen LogP contribution in [0.25, 0.3) is 0 Å². The fourth-order valence-electron chi connectivity index (χ4n) is 2.33. The monoisotopic (exact) mass is 357 g/mol. The summed E-state index contributed by atoms with van der Waals surface area (Å²) in [5.41, 5.74) is 6.78. The molecule has 3 nitrogen and oxygen atoms in total. The first-order valence-corrected chi connectivity index (χ1v) is 9.38. The number of nitrogens with one attached hydrogen (secondary N) is 1. The van der Waals surface area contributed by atoms with Gasteiger partial charge in [0.25, 0.3) is 0 Å². The molecule has 2 aromatic carbocycles. The molecule has 1 N–H and O–H groups in total. The van der Waals surface area contributed by atoms with E-state index in [2.05, 4.69) is 77.0 Å². The predicted octanol–water partition coefficient (Wildman–Crippen LogP) is 3.21. The molecule has 0 spiro atoms. The Balaban J connectivity index is 1.97. The fourth-order valence-corrected chi connectivity index (χ4v) is 4.59. The number of amidine groups is 1. The van der Waals surface area contributed by atoms with E-state index in [-0.39, 0.29) is 15.0 Å². The van der Waals surface area contributed by atoms with Gasteiger partial charge >= 0.3 is 137 Å². The molecule has 0 saturated heterocycles. The van der Waals surface area contributed by atoms with Gasteiger partial charge in [0, 0.05) is 0 Å². The second kappa shape index (κ2) is 7.39. The molecule has 0 bridgehead atoms. The molecule has 1 aliphatic rings. The molecule has 0 aromatic heterocycles. The van der Waals surface area contributed by atoms with E-state index in [1.54, 1.807) is 0 Å². The zero-order valence-electron chi connectivity index (χ0n) is 12.6. The molecular formula is C18H19N3Se. The van der Waals surface area contributed by atoms with E-state index in [0.717, 1.165) is 23.4 Å². The zero-order valence-corrected chi connectivity index (χ0v) is 14.3. The average molecular weight is 356 g/mol. The molecule has 0 aliphatic carbocycles. The molecule has 0 saturated carbocycles. The van der Waals surface area contributed by atoms with Gasteiger partial charge in [0.2, 0.25) is 0 Å². The van der Waals surface area contributed by atoms with Crippen LogP contribution in [-0.2, 0) is 0 Å². The van der Waals surface area contributed by atoms with Gasteiger partial charge in [-0.2, -0.15) is 0 Å². The minimum absolute atomic E-state index is 0.226. The quantitative estimate of drug-likeness (QED) is 0.840. The summed E-state index contributed by atoms with van der Waals surface area (Å²) in [5.74, 6) is 0. The number of aliphatic imine (C=N–C) groups is 1. The van der Waals surface area contributed by atoms with Crippen molar-refractivity contribution in [3.63, 3.8) is 0 Å².